The zero-order valence-corrected chi connectivity index (χ0v) is 18.3. The first kappa shape index (κ1) is 20.6. The van der Waals surface area contributed by atoms with Crippen LogP contribution >= 0.6 is 23.2 Å². The van der Waals surface area contributed by atoms with Crippen molar-refractivity contribution in [2.24, 2.45) is 0 Å². The number of amides is 2. The largest absolute Gasteiger partial charge is 0.494 e. The molecule has 0 spiro atoms. The third-order valence-corrected chi connectivity index (χ3v) is 5.87. The van der Waals surface area contributed by atoms with E-state index < -0.39 is 0 Å². The maximum atomic E-state index is 13.2. The van der Waals surface area contributed by atoms with Gasteiger partial charge in [0.2, 0.25) is 0 Å². The van der Waals surface area contributed by atoms with E-state index in [0.29, 0.717) is 35.4 Å². The van der Waals surface area contributed by atoms with Crippen molar-refractivity contribution in [3.63, 3.8) is 0 Å². The maximum Gasteiger partial charge on any atom is 0.324 e. The molecule has 0 N–H and O–H groups in total. The van der Waals surface area contributed by atoms with Crippen LogP contribution in [0.15, 0.2) is 48.9 Å². The molecule has 2 amide bonds. The van der Waals surface area contributed by atoms with E-state index in [1.54, 1.807) is 30.5 Å². The van der Waals surface area contributed by atoms with Crippen LogP contribution < -0.4 is 9.64 Å². The van der Waals surface area contributed by atoms with Gasteiger partial charge in [0.1, 0.15) is 5.75 Å². The van der Waals surface area contributed by atoms with E-state index in [1.165, 1.54) is 0 Å². The Morgan fingerprint density at radius 1 is 1.10 bits per heavy atom. The van der Waals surface area contributed by atoms with Crippen LogP contribution in [0.3, 0.4) is 0 Å². The molecular formula is C22H22Cl2N4O2. The molecule has 1 fully saturated rings. The van der Waals surface area contributed by atoms with E-state index in [9.17, 15) is 4.79 Å². The minimum atomic E-state index is -0.0411. The number of aromatic nitrogens is 2. The molecule has 6 nitrogen and oxygen atoms in total. The summed E-state index contributed by atoms with van der Waals surface area (Å²) in [6, 6.07) is 11.2. The Labute approximate surface area is 185 Å². The molecule has 30 heavy (non-hydrogen) atoms. The van der Waals surface area contributed by atoms with Crippen LogP contribution in [0.5, 0.6) is 5.75 Å². The van der Waals surface area contributed by atoms with Gasteiger partial charge in [0, 0.05) is 37.6 Å². The van der Waals surface area contributed by atoms with Gasteiger partial charge >= 0.3 is 6.03 Å². The van der Waals surface area contributed by atoms with Crippen molar-refractivity contribution in [2.45, 2.75) is 19.9 Å². The van der Waals surface area contributed by atoms with Crippen LogP contribution in [-0.4, -0.2) is 40.7 Å². The predicted octanol–water partition coefficient (Wildman–Crippen LogP) is 5.33. The summed E-state index contributed by atoms with van der Waals surface area (Å²) in [7, 11) is 1.63. The van der Waals surface area contributed by atoms with Gasteiger partial charge in [-0.15, -0.1) is 0 Å². The highest BCUT2D eigenvalue weighted by molar-refractivity contribution is 6.42. The highest BCUT2D eigenvalue weighted by Crippen LogP contribution is 2.31. The molecule has 0 saturated carbocycles. The molecule has 8 heteroatoms. The average molecular weight is 445 g/mol. The molecule has 0 atom stereocenters. The van der Waals surface area contributed by atoms with E-state index in [-0.39, 0.29) is 6.03 Å². The second kappa shape index (κ2) is 8.58. The monoisotopic (exact) mass is 444 g/mol. The normalized spacial score (nSPS) is 14.3. The lowest BCUT2D eigenvalue weighted by Crippen LogP contribution is -2.49. The second-order valence-corrected chi connectivity index (χ2v) is 8.05. The molecule has 0 unspecified atom stereocenters. The number of rotatable bonds is 5. The van der Waals surface area contributed by atoms with Crippen molar-refractivity contribution in [3.8, 4) is 11.4 Å². The van der Waals surface area contributed by atoms with E-state index >= 15 is 0 Å². The van der Waals surface area contributed by atoms with Crippen molar-refractivity contribution in [1.82, 2.24) is 14.5 Å². The van der Waals surface area contributed by atoms with Crippen LogP contribution in [-0.2, 0) is 6.54 Å². The molecule has 3 aromatic rings. The first-order valence-corrected chi connectivity index (χ1v) is 10.4. The number of ether oxygens (including phenoxy) is 1. The van der Waals surface area contributed by atoms with E-state index in [2.05, 4.69) is 4.98 Å². The van der Waals surface area contributed by atoms with Gasteiger partial charge in [-0.2, -0.15) is 0 Å². The van der Waals surface area contributed by atoms with Gasteiger partial charge in [-0.3, -0.25) is 4.90 Å². The summed E-state index contributed by atoms with van der Waals surface area (Å²) in [4.78, 5) is 21.1. The molecule has 2 aromatic carbocycles. The minimum absolute atomic E-state index is 0.0411. The van der Waals surface area contributed by atoms with Crippen LogP contribution in [0.25, 0.3) is 5.69 Å². The molecule has 1 aliphatic heterocycles. The molecular weight excluding hydrogens is 423 g/mol. The Morgan fingerprint density at radius 3 is 2.63 bits per heavy atom. The standard InChI is InChI=1S/C22H22Cl2N4O2/c1-15-12-27(14-25-15)20-7-5-17(11-21(20)30-2)28-9-3-8-26(22(28)29)13-16-4-6-18(23)19(24)10-16/h4-7,10-12,14H,3,8-9,13H2,1-2H3. The Balaban J connectivity index is 1.57. The first-order valence-electron chi connectivity index (χ1n) is 9.65. The van der Waals surface area contributed by atoms with Crippen molar-refractivity contribution in [3.05, 3.63) is 70.2 Å². The fourth-order valence-corrected chi connectivity index (χ4v) is 3.95. The number of imidazole rings is 1. The molecule has 2 heterocycles. The second-order valence-electron chi connectivity index (χ2n) is 7.24. The number of carbonyl (C=O) groups is 1. The number of hydrogen-bond donors (Lipinski definition) is 0. The smallest absolute Gasteiger partial charge is 0.324 e. The number of carbonyl (C=O) groups excluding carboxylic acids is 1. The lowest BCUT2D eigenvalue weighted by molar-refractivity contribution is 0.192. The fraction of sp³-hybridized carbons (Fsp3) is 0.273. The van der Waals surface area contributed by atoms with Gasteiger partial charge in [-0.1, -0.05) is 29.3 Å². The van der Waals surface area contributed by atoms with Crippen molar-refractivity contribution < 1.29 is 9.53 Å². The summed E-state index contributed by atoms with van der Waals surface area (Å²) in [5.41, 5.74) is 3.54. The summed E-state index contributed by atoms with van der Waals surface area (Å²) in [5.74, 6) is 0.680. The maximum absolute atomic E-state index is 13.2. The number of benzene rings is 2. The Bertz CT molecular complexity index is 1080. The minimum Gasteiger partial charge on any atom is -0.494 e. The highest BCUT2D eigenvalue weighted by atomic mass is 35.5. The topological polar surface area (TPSA) is 50.6 Å². The number of halogens is 2. The molecule has 0 aliphatic carbocycles. The lowest BCUT2D eigenvalue weighted by atomic mass is 10.1. The number of aryl methyl sites for hydroxylation is 1. The third kappa shape index (κ3) is 4.11. The Morgan fingerprint density at radius 2 is 1.93 bits per heavy atom. The Kier molecular flexibility index (Phi) is 5.88. The number of hydrogen-bond acceptors (Lipinski definition) is 3. The summed E-state index contributed by atoms with van der Waals surface area (Å²) >= 11 is 12.1. The van der Waals surface area contributed by atoms with Gasteiger partial charge in [0.15, 0.2) is 0 Å². The molecule has 0 bridgehead atoms. The highest BCUT2D eigenvalue weighted by Gasteiger charge is 2.27. The van der Waals surface area contributed by atoms with E-state index in [4.69, 9.17) is 27.9 Å². The van der Waals surface area contributed by atoms with Crippen molar-refractivity contribution in [1.29, 1.82) is 0 Å². The Hall–Kier alpha value is -2.70. The number of methoxy groups -OCH3 is 1. The molecule has 0 radical (unpaired) electrons. The van der Waals surface area contributed by atoms with Gasteiger partial charge in [0.05, 0.1) is 34.9 Å². The van der Waals surface area contributed by atoms with Crippen molar-refractivity contribution in [2.75, 3.05) is 25.1 Å². The zero-order valence-electron chi connectivity index (χ0n) is 16.8. The van der Waals surface area contributed by atoms with Gasteiger partial charge in [0.25, 0.3) is 0 Å². The molecule has 156 valence electrons. The number of nitrogens with zero attached hydrogens (tertiary/aromatic N) is 4. The molecule has 1 saturated heterocycles. The summed E-state index contributed by atoms with van der Waals surface area (Å²) in [6.45, 7) is 3.77. The van der Waals surface area contributed by atoms with E-state index in [1.807, 2.05) is 46.9 Å². The van der Waals surface area contributed by atoms with Gasteiger partial charge in [-0.05, 0) is 43.2 Å². The number of anilines is 1. The summed E-state index contributed by atoms with van der Waals surface area (Å²) < 4.78 is 7.50. The van der Waals surface area contributed by atoms with Crippen molar-refractivity contribution >= 4 is 34.9 Å². The van der Waals surface area contributed by atoms with Crippen LogP contribution in [0.4, 0.5) is 10.5 Å². The van der Waals surface area contributed by atoms with Crippen LogP contribution in [0.1, 0.15) is 17.7 Å². The fourth-order valence-electron chi connectivity index (χ4n) is 3.63. The predicted molar refractivity (Wildman–Crippen MR) is 119 cm³/mol. The average Bonchev–Trinajstić information content (AvgIpc) is 3.18. The first-order chi connectivity index (χ1) is 14.5. The summed E-state index contributed by atoms with van der Waals surface area (Å²) in [6.07, 6.45) is 4.55. The quantitative estimate of drug-likeness (QED) is 0.534. The van der Waals surface area contributed by atoms with Gasteiger partial charge in [-0.25, -0.2) is 9.78 Å². The summed E-state index contributed by atoms with van der Waals surface area (Å²) in [5, 5.41) is 0.998. The SMILES string of the molecule is COc1cc(N2CCCN(Cc3ccc(Cl)c(Cl)c3)C2=O)ccc1-n1cnc(C)c1. The van der Waals surface area contributed by atoms with Crippen LogP contribution in [0, 0.1) is 6.92 Å². The number of urea groups is 1. The van der Waals surface area contributed by atoms with Crippen LogP contribution in [0.2, 0.25) is 10.0 Å². The zero-order chi connectivity index (χ0) is 21.3. The van der Waals surface area contributed by atoms with Gasteiger partial charge < -0.3 is 14.2 Å². The molecule has 4 rings (SSSR count). The molecule has 1 aliphatic rings. The van der Waals surface area contributed by atoms with E-state index in [0.717, 1.165) is 29.1 Å². The molecule has 1 aromatic heterocycles. The third-order valence-electron chi connectivity index (χ3n) is 5.13. The lowest BCUT2D eigenvalue weighted by Gasteiger charge is -2.36.